The molecule has 0 rings (SSSR count). The van der Waals surface area contributed by atoms with Crippen LogP contribution < -0.4 is 0 Å². The van der Waals surface area contributed by atoms with E-state index in [9.17, 15) is 0 Å². The van der Waals surface area contributed by atoms with Crippen molar-refractivity contribution in [2.75, 3.05) is 0 Å². The molecule has 0 bridgehead atoms. The summed E-state index contributed by atoms with van der Waals surface area (Å²) in [7, 11) is -2.89. The molecule has 1 nitrogen and oxygen atoms in total. The van der Waals surface area contributed by atoms with Gasteiger partial charge in [0.25, 0.3) is 0 Å². The van der Waals surface area contributed by atoms with Gasteiger partial charge in [0.2, 0.25) is 0 Å². The second-order valence-electron chi connectivity index (χ2n) is 4.42. The molecular formula is C9H22OSi2. The molecule has 72 valence electrons. The van der Waals surface area contributed by atoms with Gasteiger partial charge in [-0.3, -0.25) is 0 Å². The first-order valence-electron chi connectivity index (χ1n) is 4.67. The van der Waals surface area contributed by atoms with Crippen LogP contribution in [0.3, 0.4) is 0 Å². The van der Waals surface area contributed by atoms with Crippen LogP contribution in [0.5, 0.6) is 0 Å². The Hall–Kier alpha value is 0.134. The Labute approximate surface area is 79.1 Å². The minimum Gasteiger partial charge on any atom is -0.453 e. The summed E-state index contributed by atoms with van der Waals surface area (Å²) in [6.45, 7) is 15.1. The third-order valence-electron chi connectivity index (χ3n) is 1.88. The van der Waals surface area contributed by atoms with Crippen LogP contribution in [-0.4, -0.2) is 16.6 Å². The maximum atomic E-state index is 6.17. The molecule has 0 unspecified atom stereocenters. The molecule has 0 spiro atoms. The fraction of sp³-hybridized carbons (Fsp3) is 0.778. The zero-order valence-electron chi connectivity index (χ0n) is 9.11. The first-order chi connectivity index (χ1) is 5.33. The maximum Gasteiger partial charge on any atom is 0.197 e. The van der Waals surface area contributed by atoms with Crippen LogP contribution in [0.1, 0.15) is 13.3 Å². The molecule has 0 aliphatic rings. The second-order valence-corrected chi connectivity index (χ2v) is 12.9. The summed E-state index contributed by atoms with van der Waals surface area (Å²) in [4.78, 5) is 0. The van der Waals surface area contributed by atoms with Crippen LogP contribution in [-0.2, 0) is 4.12 Å². The highest BCUT2D eigenvalue weighted by molar-refractivity contribution is 6.87. The van der Waals surface area contributed by atoms with E-state index >= 15 is 0 Å². The van der Waals surface area contributed by atoms with E-state index in [2.05, 4.69) is 39.7 Å². The van der Waals surface area contributed by atoms with Crippen molar-refractivity contribution < 1.29 is 4.12 Å². The van der Waals surface area contributed by atoms with Gasteiger partial charge in [0.1, 0.15) is 0 Å². The Bertz CT molecular complexity index is 153. The van der Waals surface area contributed by atoms with E-state index in [0.29, 0.717) is 0 Å². The van der Waals surface area contributed by atoms with E-state index in [1.807, 2.05) is 5.70 Å². The minimum absolute atomic E-state index is 1.24. The normalized spacial score (nSPS) is 13.1. The van der Waals surface area contributed by atoms with Crippen LogP contribution in [0.2, 0.25) is 32.2 Å². The third-order valence-corrected chi connectivity index (χ3v) is 8.89. The van der Waals surface area contributed by atoms with Crippen molar-refractivity contribution in [1.82, 2.24) is 0 Å². The van der Waals surface area contributed by atoms with Gasteiger partial charge in [-0.2, -0.15) is 0 Å². The maximum absolute atomic E-state index is 6.17. The van der Waals surface area contributed by atoms with Crippen molar-refractivity contribution in [3.63, 3.8) is 0 Å². The lowest BCUT2D eigenvalue weighted by Gasteiger charge is -2.31. The van der Waals surface area contributed by atoms with Crippen molar-refractivity contribution in [3.05, 3.63) is 12.3 Å². The number of hydrogen-bond acceptors (Lipinski definition) is 1. The Morgan fingerprint density at radius 2 is 1.75 bits per heavy atom. The lowest BCUT2D eigenvalue weighted by atomic mass is 10.6. The molecular weight excluding hydrogens is 180 g/mol. The van der Waals surface area contributed by atoms with Crippen LogP contribution in [0.15, 0.2) is 12.3 Å². The average Bonchev–Trinajstić information content (AvgIpc) is 1.85. The molecule has 0 heterocycles. The quantitative estimate of drug-likeness (QED) is 0.620. The molecule has 0 aromatic heterocycles. The smallest absolute Gasteiger partial charge is 0.197 e. The molecule has 0 N–H and O–H groups in total. The van der Waals surface area contributed by atoms with E-state index in [1.165, 1.54) is 12.5 Å². The van der Waals surface area contributed by atoms with Crippen molar-refractivity contribution in [1.29, 1.82) is 0 Å². The molecule has 0 amide bonds. The molecule has 0 aromatic rings. The number of hydrogen-bond donors (Lipinski definition) is 0. The van der Waals surface area contributed by atoms with Crippen molar-refractivity contribution in [2.45, 2.75) is 45.6 Å². The number of rotatable bonds is 5. The fourth-order valence-corrected chi connectivity index (χ4v) is 9.05. The van der Waals surface area contributed by atoms with Gasteiger partial charge >= 0.3 is 0 Å². The molecule has 12 heavy (non-hydrogen) atoms. The predicted molar refractivity (Wildman–Crippen MR) is 61.3 cm³/mol. The van der Waals surface area contributed by atoms with Gasteiger partial charge in [-0.05, 0) is 32.2 Å². The molecule has 3 heteroatoms. The summed E-state index contributed by atoms with van der Waals surface area (Å²) in [5.41, 5.74) is 2.03. The van der Waals surface area contributed by atoms with Gasteiger partial charge in [-0.15, -0.1) is 6.58 Å². The predicted octanol–water partition coefficient (Wildman–Crippen LogP) is 3.55. The Morgan fingerprint density at radius 1 is 1.25 bits per heavy atom. The summed E-state index contributed by atoms with van der Waals surface area (Å²) in [5, 5.41) is 0. The summed E-state index contributed by atoms with van der Waals surface area (Å²) in [6, 6.07) is 1.26. The Balaban J connectivity index is 4.12. The first kappa shape index (κ1) is 12.1. The lowest BCUT2D eigenvalue weighted by Crippen LogP contribution is -2.42. The molecule has 0 atom stereocenters. The van der Waals surface area contributed by atoms with Gasteiger partial charge in [0.05, 0.1) is 0 Å². The second kappa shape index (κ2) is 4.39. The van der Waals surface area contributed by atoms with Gasteiger partial charge in [0.15, 0.2) is 16.6 Å². The van der Waals surface area contributed by atoms with Gasteiger partial charge in [-0.25, -0.2) is 0 Å². The largest absolute Gasteiger partial charge is 0.453 e. The molecule has 0 fully saturated rings. The highest BCUT2D eigenvalue weighted by atomic mass is 28.4. The third kappa shape index (κ3) is 4.90. The average molecular weight is 202 g/mol. The van der Waals surface area contributed by atoms with E-state index in [0.717, 1.165) is 0 Å². The van der Waals surface area contributed by atoms with Crippen LogP contribution >= 0.6 is 0 Å². The lowest BCUT2D eigenvalue weighted by molar-refractivity contribution is 0.551. The SMILES string of the molecule is C=C[Si](C)(C)O[Si](C)(C)CCC. The zero-order chi connectivity index (χ0) is 9.83. The molecule has 0 aliphatic heterocycles. The monoisotopic (exact) mass is 202 g/mol. The Kier molecular flexibility index (Phi) is 4.44. The Morgan fingerprint density at radius 3 is 2.08 bits per heavy atom. The molecule has 0 aromatic carbocycles. The van der Waals surface area contributed by atoms with E-state index in [1.54, 1.807) is 0 Å². The molecule has 0 aliphatic carbocycles. The topological polar surface area (TPSA) is 9.23 Å². The zero-order valence-corrected chi connectivity index (χ0v) is 11.1. The van der Waals surface area contributed by atoms with E-state index in [4.69, 9.17) is 4.12 Å². The van der Waals surface area contributed by atoms with E-state index in [-0.39, 0.29) is 0 Å². The molecule has 0 saturated heterocycles. The van der Waals surface area contributed by atoms with Crippen molar-refractivity contribution in [3.8, 4) is 0 Å². The van der Waals surface area contributed by atoms with Gasteiger partial charge in [0, 0.05) is 0 Å². The molecule has 0 saturated carbocycles. The highest BCUT2D eigenvalue weighted by Crippen LogP contribution is 2.19. The van der Waals surface area contributed by atoms with Gasteiger partial charge in [-0.1, -0.05) is 19.0 Å². The summed E-state index contributed by atoms with van der Waals surface area (Å²) >= 11 is 0. The van der Waals surface area contributed by atoms with Crippen molar-refractivity contribution >= 4 is 16.6 Å². The minimum atomic E-state index is -1.52. The summed E-state index contributed by atoms with van der Waals surface area (Å²) in [6.07, 6.45) is 1.24. The summed E-state index contributed by atoms with van der Waals surface area (Å²) < 4.78 is 6.17. The van der Waals surface area contributed by atoms with E-state index < -0.39 is 16.6 Å². The highest BCUT2D eigenvalue weighted by Gasteiger charge is 2.29. The van der Waals surface area contributed by atoms with Gasteiger partial charge < -0.3 is 4.12 Å². The first-order valence-corrected chi connectivity index (χ1v) is 10.8. The standard InChI is InChI=1S/C9H22OSi2/c1-7-9-12(5,6)10-11(3,4)8-2/h8H,2,7,9H2,1,3-6H3. The van der Waals surface area contributed by atoms with Crippen LogP contribution in [0, 0.1) is 0 Å². The molecule has 0 radical (unpaired) electrons. The fourth-order valence-electron chi connectivity index (χ4n) is 1.41. The van der Waals surface area contributed by atoms with Crippen LogP contribution in [0.4, 0.5) is 0 Å². The summed E-state index contributed by atoms with van der Waals surface area (Å²) in [5.74, 6) is 0. The van der Waals surface area contributed by atoms with Crippen molar-refractivity contribution in [2.24, 2.45) is 0 Å². The van der Waals surface area contributed by atoms with Crippen LogP contribution in [0.25, 0.3) is 0 Å².